The maximum atomic E-state index is 11.0. The lowest BCUT2D eigenvalue weighted by molar-refractivity contribution is -0.119. The van der Waals surface area contributed by atoms with Crippen LogP contribution in [0.25, 0.3) is 0 Å². The van der Waals surface area contributed by atoms with E-state index in [9.17, 15) is 4.79 Å². The number of aromatic nitrogens is 5. The van der Waals surface area contributed by atoms with Gasteiger partial charge >= 0.3 is 0 Å². The van der Waals surface area contributed by atoms with Crippen molar-refractivity contribution in [1.29, 1.82) is 0 Å². The largest absolute Gasteiger partial charge is 0.349 e. The summed E-state index contributed by atoms with van der Waals surface area (Å²) in [5.41, 5.74) is 5.84. The Morgan fingerprint density at radius 2 is 2.37 bits per heavy atom. The molecule has 1 amide bonds. The fraction of sp³-hybridized carbons (Fsp3) is 0.400. The fourth-order valence-corrected chi connectivity index (χ4v) is 1.62. The molecule has 2 heterocycles. The summed E-state index contributed by atoms with van der Waals surface area (Å²) in [6.45, 7) is 0.721. The van der Waals surface area contributed by atoms with Crippen LogP contribution in [0.5, 0.6) is 0 Å². The van der Waals surface area contributed by atoms with Gasteiger partial charge in [-0.2, -0.15) is 0 Å². The molecule has 2 aromatic rings. The minimum atomic E-state index is -0.231. The van der Waals surface area contributed by atoms with Gasteiger partial charge in [-0.1, -0.05) is 16.8 Å². The molecule has 0 radical (unpaired) electrons. The average Bonchev–Trinajstić information content (AvgIpc) is 2.98. The number of imidazole rings is 1. The van der Waals surface area contributed by atoms with Gasteiger partial charge in [0.15, 0.2) is 0 Å². The van der Waals surface area contributed by atoms with Crippen molar-refractivity contribution in [2.45, 2.75) is 13.1 Å². The van der Waals surface area contributed by atoms with Crippen LogP contribution in [0, 0.1) is 0 Å². The summed E-state index contributed by atoms with van der Waals surface area (Å²) in [4.78, 5) is 15.2. The number of nitrogens with zero attached hydrogens (tertiary/aromatic N) is 5. The molecule has 2 rings (SSSR count). The molecule has 0 aromatic carbocycles. The third kappa shape index (κ3) is 3.30. The summed E-state index contributed by atoms with van der Waals surface area (Å²) >= 11 is 5.90. The summed E-state index contributed by atoms with van der Waals surface area (Å²) < 4.78 is 3.39. The lowest BCUT2D eigenvalue weighted by Gasteiger charge is -2.01. The van der Waals surface area contributed by atoms with Gasteiger partial charge in [0, 0.05) is 7.05 Å². The first-order valence-electron chi connectivity index (χ1n) is 5.62. The molecule has 0 aliphatic carbocycles. The van der Waals surface area contributed by atoms with Crippen LogP contribution in [-0.4, -0.2) is 37.0 Å². The van der Waals surface area contributed by atoms with Gasteiger partial charge < -0.3 is 15.6 Å². The Labute approximate surface area is 114 Å². The molecule has 3 N–H and O–H groups in total. The molecule has 0 spiro atoms. The lowest BCUT2D eigenvalue weighted by atomic mass is 10.4. The van der Waals surface area contributed by atoms with E-state index in [1.165, 1.54) is 0 Å². The zero-order valence-corrected chi connectivity index (χ0v) is 11.1. The van der Waals surface area contributed by atoms with Gasteiger partial charge in [0.25, 0.3) is 0 Å². The van der Waals surface area contributed by atoms with Gasteiger partial charge in [-0.3, -0.25) is 4.79 Å². The van der Waals surface area contributed by atoms with Crippen molar-refractivity contribution in [3.63, 3.8) is 0 Å². The van der Waals surface area contributed by atoms with Crippen LogP contribution in [0.1, 0.15) is 11.5 Å². The molecular weight excluding hydrogens is 270 g/mol. The van der Waals surface area contributed by atoms with Gasteiger partial charge in [0.2, 0.25) is 5.91 Å². The molecule has 0 unspecified atom stereocenters. The maximum Gasteiger partial charge on any atom is 0.234 e. The fourth-order valence-electron chi connectivity index (χ4n) is 1.47. The molecule has 2 aromatic heterocycles. The van der Waals surface area contributed by atoms with Gasteiger partial charge in [0.1, 0.15) is 23.2 Å². The molecule has 0 fully saturated rings. The van der Waals surface area contributed by atoms with Crippen molar-refractivity contribution in [1.82, 2.24) is 29.9 Å². The van der Waals surface area contributed by atoms with E-state index in [-0.39, 0.29) is 12.5 Å². The first-order valence-corrected chi connectivity index (χ1v) is 6.00. The SMILES string of the molecule is Cn1c(Cl)cnc1Cn1cc(CNC(=O)CN)nn1. The molecule has 19 heavy (non-hydrogen) atoms. The average molecular weight is 284 g/mol. The highest BCUT2D eigenvalue weighted by molar-refractivity contribution is 6.29. The predicted octanol–water partition coefficient (Wildman–Crippen LogP) is -0.712. The Balaban J connectivity index is 1.97. The van der Waals surface area contributed by atoms with Gasteiger partial charge in [-0.15, -0.1) is 5.10 Å². The highest BCUT2D eigenvalue weighted by Crippen LogP contribution is 2.09. The highest BCUT2D eigenvalue weighted by Gasteiger charge is 2.07. The van der Waals surface area contributed by atoms with Crippen molar-refractivity contribution < 1.29 is 4.79 Å². The van der Waals surface area contributed by atoms with Gasteiger partial charge in [-0.25, -0.2) is 9.67 Å². The van der Waals surface area contributed by atoms with Crippen LogP contribution in [-0.2, 0) is 24.9 Å². The van der Waals surface area contributed by atoms with Crippen molar-refractivity contribution in [2.24, 2.45) is 12.8 Å². The minimum Gasteiger partial charge on any atom is -0.349 e. The van der Waals surface area contributed by atoms with Crippen molar-refractivity contribution in [3.8, 4) is 0 Å². The van der Waals surface area contributed by atoms with Gasteiger partial charge in [0.05, 0.1) is 25.5 Å². The molecule has 0 aliphatic rings. The maximum absolute atomic E-state index is 11.0. The van der Waals surface area contributed by atoms with Crippen molar-refractivity contribution in [3.05, 3.63) is 29.1 Å². The number of nitrogens with two attached hydrogens (primary N) is 1. The minimum absolute atomic E-state index is 0.0418. The molecule has 0 saturated heterocycles. The second-order valence-corrected chi connectivity index (χ2v) is 4.33. The van der Waals surface area contributed by atoms with Crippen LogP contribution in [0.4, 0.5) is 0 Å². The summed E-state index contributed by atoms with van der Waals surface area (Å²) in [6.07, 6.45) is 3.32. The monoisotopic (exact) mass is 283 g/mol. The van der Waals surface area contributed by atoms with E-state index in [1.54, 1.807) is 21.6 Å². The van der Waals surface area contributed by atoms with Crippen LogP contribution < -0.4 is 11.1 Å². The Morgan fingerprint density at radius 1 is 1.58 bits per heavy atom. The summed E-state index contributed by atoms with van der Waals surface area (Å²) in [5, 5.41) is 11.1. The third-order valence-electron chi connectivity index (χ3n) is 2.57. The van der Waals surface area contributed by atoms with E-state index in [0.717, 1.165) is 5.82 Å². The lowest BCUT2D eigenvalue weighted by Crippen LogP contribution is -2.29. The van der Waals surface area contributed by atoms with Gasteiger partial charge in [-0.05, 0) is 0 Å². The van der Waals surface area contributed by atoms with E-state index < -0.39 is 0 Å². The van der Waals surface area contributed by atoms with Crippen LogP contribution in [0.15, 0.2) is 12.4 Å². The van der Waals surface area contributed by atoms with E-state index in [4.69, 9.17) is 17.3 Å². The first-order chi connectivity index (χ1) is 9.10. The molecule has 8 nitrogen and oxygen atoms in total. The van der Waals surface area contributed by atoms with Crippen molar-refractivity contribution >= 4 is 17.5 Å². The number of hydrogen-bond donors (Lipinski definition) is 2. The van der Waals surface area contributed by atoms with Crippen LogP contribution >= 0.6 is 11.6 Å². The molecule has 0 bridgehead atoms. The van der Waals surface area contributed by atoms with E-state index >= 15 is 0 Å². The summed E-state index contributed by atoms with van der Waals surface area (Å²) in [6, 6.07) is 0. The molecule has 9 heteroatoms. The molecule has 0 aliphatic heterocycles. The van der Waals surface area contributed by atoms with E-state index in [2.05, 4.69) is 20.6 Å². The van der Waals surface area contributed by atoms with Crippen LogP contribution in [0.3, 0.4) is 0 Å². The Morgan fingerprint density at radius 3 is 3.00 bits per heavy atom. The normalized spacial score (nSPS) is 10.7. The molecule has 0 saturated carbocycles. The van der Waals surface area contributed by atoms with Crippen LogP contribution in [0.2, 0.25) is 5.15 Å². The topological polar surface area (TPSA) is 104 Å². The van der Waals surface area contributed by atoms with Crippen molar-refractivity contribution in [2.75, 3.05) is 6.54 Å². The quantitative estimate of drug-likeness (QED) is 0.754. The second-order valence-electron chi connectivity index (χ2n) is 3.94. The zero-order valence-electron chi connectivity index (χ0n) is 10.4. The number of hydrogen-bond acceptors (Lipinski definition) is 5. The Hall–Kier alpha value is -1.93. The first kappa shape index (κ1) is 13.5. The summed E-state index contributed by atoms with van der Waals surface area (Å²) in [5.74, 6) is 0.540. The number of nitrogens with one attached hydrogen (secondary N) is 1. The Kier molecular flexibility index (Phi) is 4.13. The summed E-state index contributed by atoms with van der Waals surface area (Å²) in [7, 11) is 1.82. The standard InChI is InChI=1S/C10H14ClN7O/c1-17-8(11)4-13-9(17)6-18-5-7(15-16-18)3-14-10(19)2-12/h4-5H,2-3,6,12H2,1H3,(H,14,19). The highest BCUT2D eigenvalue weighted by atomic mass is 35.5. The Bertz CT molecular complexity index is 576. The number of carbonyl (C=O) groups is 1. The number of halogens is 1. The number of amides is 1. The molecular formula is C10H14ClN7O. The number of carbonyl (C=O) groups excluding carboxylic acids is 1. The number of rotatable bonds is 5. The van der Waals surface area contributed by atoms with E-state index in [0.29, 0.717) is 23.9 Å². The predicted molar refractivity (Wildman–Crippen MR) is 68.2 cm³/mol. The third-order valence-corrected chi connectivity index (χ3v) is 2.92. The molecule has 102 valence electrons. The smallest absolute Gasteiger partial charge is 0.234 e. The zero-order chi connectivity index (χ0) is 13.8. The second kappa shape index (κ2) is 5.81. The molecule has 0 atom stereocenters. The van der Waals surface area contributed by atoms with E-state index in [1.807, 2.05) is 7.05 Å².